The van der Waals surface area contributed by atoms with E-state index in [1.807, 2.05) is 48.5 Å². The van der Waals surface area contributed by atoms with E-state index >= 15 is 4.39 Å². The van der Waals surface area contributed by atoms with Gasteiger partial charge in [0.05, 0.1) is 22.8 Å². The highest BCUT2D eigenvalue weighted by Crippen LogP contribution is 2.43. The number of nitrogens with two attached hydrogens (primary N) is 1. The number of allylic oxidation sites excluding steroid dienone is 3. The third-order valence-corrected chi connectivity index (χ3v) is 5.52. The van der Waals surface area contributed by atoms with E-state index < -0.39 is 29.6 Å². The third kappa shape index (κ3) is 3.79. The Labute approximate surface area is 186 Å². The molecule has 1 atom stereocenters. The van der Waals surface area contributed by atoms with E-state index in [2.05, 4.69) is 9.97 Å². The van der Waals surface area contributed by atoms with Crippen molar-refractivity contribution >= 4 is 16.8 Å². The highest BCUT2D eigenvalue weighted by atomic mass is 19.4. The second-order valence-electron chi connectivity index (χ2n) is 7.56. The molecule has 0 bridgehead atoms. The quantitative estimate of drug-likeness (QED) is 0.491. The summed E-state index contributed by atoms with van der Waals surface area (Å²) in [5.41, 5.74) is 4.22. The van der Waals surface area contributed by atoms with Gasteiger partial charge in [-0.15, -0.1) is 0 Å². The van der Waals surface area contributed by atoms with Gasteiger partial charge in [0.25, 0.3) is 5.91 Å². The maximum absolute atomic E-state index is 15.5. The summed E-state index contributed by atoms with van der Waals surface area (Å²) in [6, 6.07) is 3.63. The monoisotopic (exact) mass is 456 g/mol. The van der Waals surface area contributed by atoms with Gasteiger partial charge in [-0.3, -0.25) is 9.78 Å². The number of nitrogens with one attached hydrogen (secondary N) is 1. The molecule has 5 nitrogen and oxygen atoms in total. The molecule has 33 heavy (non-hydrogen) atoms. The van der Waals surface area contributed by atoms with Crippen LogP contribution in [0.5, 0.6) is 0 Å². The molecule has 1 aliphatic heterocycles. The van der Waals surface area contributed by atoms with Gasteiger partial charge in [0.15, 0.2) is 0 Å². The molecule has 0 spiro atoms. The van der Waals surface area contributed by atoms with E-state index in [1.165, 1.54) is 13.1 Å². The van der Waals surface area contributed by atoms with Gasteiger partial charge in [-0.2, -0.15) is 13.2 Å². The molecule has 1 aliphatic rings. The number of hydrogen-bond donors (Lipinski definition) is 2. The van der Waals surface area contributed by atoms with E-state index in [4.69, 9.17) is 5.73 Å². The van der Waals surface area contributed by atoms with Gasteiger partial charge < -0.3 is 15.6 Å². The Balaban J connectivity index is 2.07. The number of rotatable bonds is 4. The number of H-pyrrole nitrogens is 1. The molecule has 0 saturated heterocycles. The number of primary amides is 1. The number of aromatic nitrogens is 2. The molecule has 0 radical (unpaired) electrons. The minimum atomic E-state index is -4.73. The molecule has 3 N–H and O–H groups in total. The fourth-order valence-corrected chi connectivity index (χ4v) is 4.16. The fourth-order valence-electron chi connectivity index (χ4n) is 4.16. The van der Waals surface area contributed by atoms with Gasteiger partial charge in [0, 0.05) is 35.1 Å². The number of fused-ring (bicyclic) bond motifs is 1. The lowest BCUT2D eigenvalue weighted by atomic mass is 9.92. The SMILES string of the molecule is CC=CN1C=CC=CC1c1ncccc1-c1c(F)cc(C(N)=O)c2[nH]c(C(F)(F)F)c(C)c12. The van der Waals surface area contributed by atoms with E-state index in [1.54, 1.807) is 12.1 Å². The van der Waals surface area contributed by atoms with E-state index in [-0.39, 0.29) is 27.6 Å². The molecule has 4 rings (SSSR count). The predicted octanol–water partition coefficient (Wildman–Crippen LogP) is 5.76. The molecule has 0 aliphatic carbocycles. The van der Waals surface area contributed by atoms with E-state index in [9.17, 15) is 18.0 Å². The first-order chi connectivity index (χ1) is 15.6. The molecule has 0 fully saturated rings. The van der Waals surface area contributed by atoms with Gasteiger partial charge in [-0.1, -0.05) is 24.3 Å². The Kier molecular flexibility index (Phi) is 5.57. The van der Waals surface area contributed by atoms with Crippen molar-refractivity contribution < 1.29 is 22.4 Å². The van der Waals surface area contributed by atoms with Gasteiger partial charge in [0.2, 0.25) is 0 Å². The van der Waals surface area contributed by atoms with Crippen LogP contribution in [0.3, 0.4) is 0 Å². The first-order valence-electron chi connectivity index (χ1n) is 10.1. The molecule has 3 heterocycles. The van der Waals surface area contributed by atoms with Crippen LogP contribution in [0.1, 0.15) is 40.3 Å². The van der Waals surface area contributed by atoms with Crippen molar-refractivity contribution in [3.05, 3.63) is 89.4 Å². The molecular weight excluding hydrogens is 436 g/mol. The standard InChI is InChI=1S/C24H20F4N4O/c1-3-10-32-11-5-4-8-17(32)20-14(7-6-9-30-20)19-16(25)12-15(23(29)33)21-18(19)13(2)22(31-21)24(26,27)28/h3-12,17,31H,1-2H3,(H2,29,33). The average molecular weight is 456 g/mol. The number of pyridine rings is 1. The molecule has 2 aromatic heterocycles. The number of amides is 1. The van der Waals surface area contributed by atoms with Crippen LogP contribution in [-0.2, 0) is 6.18 Å². The second kappa shape index (κ2) is 8.23. The topological polar surface area (TPSA) is 75.0 Å². The lowest BCUT2D eigenvalue weighted by Gasteiger charge is -2.28. The molecule has 1 unspecified atom stereocenters. The third-order valence-electron chi connectivity index (χ3n) is 5.52. The molecular formula is C24H20F4N4O. The predicted molar refractivity (Wildman–Crippen MR) is 117 cm³/mol. The van der Waals surface area contributed by atoms with Crippen molar-refractivity contribution in [2.75, 3.05) is 0 Å². The summed E-state index contributed by atoms with van der Waals surface area (Å²) >= 11 is 0. The van der Waals surface area contributed by atoms with Crippen molar-refractivity contribution in [1.82, 2.24) is 14.9 Å². The zero-order valence-electron chi connectivity index (χ0n) is 17.7. The first-order valence-corrected chi connectivity index (χ1v) is 10.1. The van der Waals surface area contributed by atoms with Crippen LogP contribution in [0, 0.1) is 12.7 Å². The van der Waals surface area contributed by atoms with Crippen LogP contribution in [0.4, 0.5) is 17.6 Å². The smallest absolute Gasteiger partial charge is 0.366 e. The van der Waals surface area contributed by atoms with Crippen LogP contribution < -0.4 is 5.73 Å². The summed E-state index contributed by atoms with van der Waals surface area (Å²) in [7, 11) is 0. The fraction of sp³-hybridized carbons (Fsp3) is 0.167. The van der Waals surface area contributed by atoms with Crippen LogP contribution in [0.25, 0.3) is 22.0 Å². The number of halogens is 4. The molecule has 0 saturated carbocycles. The van der Waals surface area contributed by atoms with Crippen molar-refractivity contribution in [3.8, 4) is 11.1 Å². The number of aromatic amines is 1. The molecule has 1 amide bonds. The van der Waals surface area contributed by atoms with Crippen LogP contribution in [0.2, 0.25) is 0 Å². The van der Waals surface area contributed by atoms with Crippen molar-refractivity contribution in [2.24, 2.45) is 5.73 Å². The lowest BCUT2D eigenvalue weighted by Crippen LogP contribution is -2.20. The number of nitrogens with zero attached hydrogens (tertiary/aromatic N) is 2. The summed E-state index contributed by atoms with van der Waals surface area (Å²) < 4.78 is 56.5. The van der Waals surface area contributed by atoms with Crippen molar-refractivity contribution in [1.29, 1.82) is 0 Å². The Morgan fingerprint density at radius 1 is 1.30 bits per heavy atom. The number of alkyl halides is 3. The van der Waals surface area contributed by atoms with Gasteiger partial charge in [0.1, 0.15) is 11.5 Å². The highest BCUT2D eigenvalue weighted by molar-refractivity contribution is 6.11. The minimum Gasteiger partial charge on any atom is -0.366 e. The van der Waals surface area contributed by atoms with Crippen LogP contribution in [-0.4, -0.2) is 20.8 Å². The molecule has 1 aromatic carbocycles. The van der Waals surface area contributed by atoms with Gasteiger partial charge in [-0.05, 0) is 37.6 Å². The lowest BCUT2D eigenvalue weighted by molar-refractivity contribution is -0.141. The number of hydrogen-bond acceptors (Lipinski definition) is 3. The summed E-state index contributed by atoms with van der Waals surface area (Å²) in [4.78, 5) is 20.5. The molecule has 170 valence electrons. The zero-order valence-corrected chi connectivity index (χ0v) is 17.7. The largest absolute Gasteiger partial charge is 0.431 e. The maximum atomic E-state index is 15.5. The van der Waals surface area contributed by atoms with Crippen molar-refractivity contribution in [3.63, 3.8) is 0 Å². The second-order valence-corrected chi connectivity index (χ2v) is 7.56. The highest BCUT2D eigenvalue weighted by Gasteiger charge is 2.37. The minimum absolute atomic E-state index is 0.0571. The zero-order chi connectivity index (χ0) is 23.9. The van der Waals surface area contributed by atoms with Crippen molar-refractivity contribution in [2.45, 2.75) is 26.1 Å². The maximum Gasteiger partial charge on any atom is 0.431 e. The summed E-state index contributed by atoms with van der Waals surface area (Å²) in [6.07, 6.45) is 7.75. The first kappa shape index (κ1) is 22.3. The van der Waals surface area contributed by atoms with E-state index in [0.717, 1.165) is 6.07 Å². The molecule has 3 aromatic rings. The normalized spacial score (nSPS) is 16.3. The number of benzene rings is 1. The van der Waals surface area contributed by atoms with Crippen LogP contribution in [0.15, 0.2) is 61.1 Å². The summed E-state index contributed by atoms with van der Waals surface area (Å²) in [6.45, 7) is 3.08. The Morgan fingerprint density at radius 3 is 2.73 bits per heavy atom. The average Bonchev–Trinajstić information content (AvgIpc) is 3.11. The Bertz CT molecular complexity index is 1330. The number of aryl methyl sites for hydroxylation is 1. The number of carbonyl (C=O) groups is 1. The molecule has 9 heteroatoms. The Hall–Kier alpha value is -3.88. The van der Waals surface area contributed by atoms with E-state index in [0.29, 0.717) is 11.3 Å². The van der Waals surface area contributed by atoms with Crippen LogP contribution >= 0.6 is 0 Å². The summed E-state index contributed by atoms with van der Waals surface area (Å²) in [5.74, 6) is -1.90. The number of carbonyl (C=O) groups excluding carboxylic acids is 1. The Morgan fingerprint density at radius 2 is 2.06 bits per heavy atom. The van der Waals surface area contributed by atoms with Gasteiger partial charge >= 0.3 is 6.18 Å². The summed E-state index contributed by atoms with van der Waals surface area (Å²) in [5, 5.41) is -0.0571. The van der Waals surface area contributed by atoms with Gasteiger partial charge in [-0.25, -0.2) is 4.39 Å².